The van der Waals surface area contributed by atoms with Crippen LogP contribution in [0.15, 0.2) is 108 Å². The van der Waals surface area contributed by atoms with Crippen molar-refractivity contribution in [2.24, 2.45) is 11.8 Å². The Hall–Kier alpha value is -4.11. The summed E-state index contributed by atoms with van der Waals surface area (Å²) in [5, 5.41) is 21.2. The number of hydrogen-bond acceptors (Lipinski definition) is 8. The zero-order chi connectivity index (χ0) is 42.2. The first-order valence-corrected chi connectivity index (χ1v) is 25.2. The van der Waals surface area contributed by atoms with Gasteiger partial charge < -0.3 is 28.9 Å². The fourth-order valence-electron chi connectivity index (χ4n) is 5.81. The Balaban J connectivity index is 1.57. The van der Waals surface area contributed by atoms with Crippen LogP contribution in [-0.4, -0.2) is 99.4 Å². The summed E-state index contributed by atoms with van der Waals surface area (Å²) in [7, 11) is -1.15. The third kappa shape index (κ3) is 11.3. The Bertz CT molecular complexity index is 1780. The molecule has 0 aromatic rings. The van der Waals surface area contributed by atoms with Crippen LogP contribution >= 0.6 is 0 Å². The van der Waals surface area contributed by atoms with E-state index in [4.69, 9.17) is 8.85 Å². The second kappa shape index (κ2) is 18.9. The molecule has 0 aromatic carbocycles. The number of carbonyl (C=O) groups is 4. The SMILES string of the molecule is CN1C(=O)/C(=C(O)/C=C/C=C/C=C/[C@H]2C=CCC[C@@H]2/C=C/C=C/C=C/C(O)=C2/C(=O)[C@H](CO[Si](C)(C)C(C)(C)C)N(C)C2=O)C(=O)[C@@H]1CO[Si](C)(C)C(C)(C)C. The topological polar surface area (TPSA) is 134 Å². The van der Waals surface area contributed by atoms with Crippen LogP contribution in [0.1, 0.15) is 54.4 Å². The average molecular weight is 805 g/mol. The highest BCUT2D eigenvalue weighted by molar-refractivity contribution is 6.74. The van der Waals surface area contributed by atoms with Gasteiger partial charge in [-0.25, -0.2) is 0 Å². The lowest BCUT2D eigenvalue weighted by Crippen LogP contribution is -2.45. The normalized spacial score (nSPS) is 25.4. The molecule has 12 heteroatoms. The minimum atomic E-state index is -2.13. The second-order valence-corrected chi connectivity index (χ2v) is 27.4. The van der Waals surface area contributed by atoms with Crippen LogP contribution < -0.4 is 0 Å². The van der Waals surface area contributed by atoms with Gasteiger partial charge in [-0.05, 0) is 67.2 Å². The maximum atomic E-state index is 13.1. The summed E-state index contributed by atoms with van der Waals surface area (Å²) in [5.74, 6) is -2.20. The number of aliphatic hydroxyl groups excluding tert-OH is 2. The van der Waals surface area contributed by atoms with E-state index in [0.717, 1.165) is 12.8 Å². The summed E-state index contributed by atoms with van der Waals surface area (Å²) in [6.45, 7) is 21.2. The van der Waals surface area contributed by atoms with Gasteiger partial charge in [0.05, 0.1) is 13.2 Å². The molecule has 2 saturated heterocycles. The van der Waals surface area contributed by atoms with Gasteiger partial charge in [0.15, 0.2) is 28.2 Å². The molecule has 2 aliphatic heterocycles. The summed E-state index contributed by atoms with van der Waals surface area (Å²) in [4.78, 5) is 54.6. The monoisotopic (exact) mass is 804 g/mol. The Morgan fingerprint density at radius 1 is 0.679 bits per heavy atom. The number of aliphatic hydroxyl groups is 2. The number of likely N-dealkylation sites (N-methyl/N-ethyl adjacent to an activating group) is 2. The second-order valence-electron chi connectivity index (χ2n) is 17.8. The number of rotatable bonds is 14. The number of allylic oxidation sites excluding steroid dienone is 14. The van der Waals surface area contributed by atoms with Gasteiger partial charge in [0.25, 0.3) is 11.8 Å². The van der Waals surface area contributed by atoms with Gasteiger partial charge in [0.1, 0.15) is 34.7 Å². The van der Waals surface area contributed by atoms with E-state index in [2.05, 4.69) is 92.0 Å². The first-order valence-electron chi connectivity index (χ1n) is 19.4. The quantitative estimate of drug-likeness (QED) is 0.0447. The van der Waals surface area contributed by atoms with Crippen LogP contribution in [0.3, 0.4) is 0 Å². The van der Waals surface area contributed by atoms with Crippen LogP contribution in [0.4, 0.5) is 0 Å². The molecule has 4 atom stereocenters. The molecule has 2 heterocycles. The van der Waals surface area contributed by atoms with Gasteiger partial charge in [-0.2, -0.15) is 0 Å². The Morgan fingerprint density at radius 3 is 1.48 bits per heavy atom. The van der Waals surface area contributed by atoms with Gasteiger partial charge in [-0.3, -0.25) is 19.2 Å². The molecule has 10 nitrogen and oxygen atoms in total. The summed E-state index contributed by atoms with van der Waals surface area (Å²) < 4.78 is 12.4. The molecule has 306 valence electrons. The molecule has 2 amide bonds. The van der Waals surface area contributed by atoms with Crippen LogP contribution in [0, 0.1) is 11.8 Å². The molecule has 3 aliphatic rings. The third-order valence-corrected chi connectivity index (χ3v) is 20.8. The summed E-state index contributed by atoms with van der Waals surface area (Å²) in [6.07, 6.45) is 27.3. The fourth-order valence-corrected chi connectivity index (χ4v) is 7.83. The van der Waals surface area contributed by atoms with E-state index >= 15 is 0 Å². The van der Waals surface area contributed by atoms with Gasteiger partial charge in [0.2, 0.25) is 0 Å². The van der Waals surface area contributed by atoms with Gasteiger partial charge in [-0.1, -0.05) is 114 Å². The lowest BCUT2D eigenvalue weighted by Gasteiger charge is -2.37. The summed E-state index contributed by atoms with van der Waals surface area (Å²) >= 11 is 0. The fraction of sp³-hybridized carbons (Fsp3) is 0.500. The zero-order valence-electron chi connectivity index (χ0n) is 35.5. The van der Waals surface area contributed by atoms with Crippen molar-refractivity contribution in [1.29, 1.82) is 0 Å². The smallest absolute Gasteiger partial charge is 0.261 e. The summed E-state index contributed by atoms with van der Waals surface area (Å²) in [5.41, 5.74) is -0.442. The molecule has 2 fully saturated rings. The van der Waals surface area contributed by atoms with Crippen molar-refractivity contribution in [2.75, 3.05) is 27.3 Å². The molecular weight excluding hydrogens is 741 g/mol. The Kier molecular flexibility index (Phi) is 15.6. The lowest BCUT2D eigenvalue weighted by atomic mass is 9.83. The van der Waals surface area contributed by atoms with Crippen LogP contribution in [0.25, 0.3) is 0 Å². The van der Waals surface area contributed by atoms with E-state index in [1.807, 2.05) is 24.3 Å². The average Bonchev–Trinajstić information content (AvgIpc) is 3.45. The first-order chi connectivity index (χ1) is 25.9. The zero-order valence-corrected chi connectivity index (χ0v) is 37.5. The van der Waals surface area contributed by atoms with Crippen molar-refractivity contribution in [2.45, 2.75) is 103 Å². The maximum absolute atomic E-state index is 13.1. The number of likely N-dealkylation sites (tertiary alicyclic amines) is 2. The van der Waals surface area contributed by atoms with Crippen LogP contribution in [0.2, 0.25) is 36.3 Å². The molecule has 56 heavy (non-hydrogen) atoms. The highest BCUT2D eigenvalue weighted by atomic mass is 28.4. The van der Waals surface area contributed by atoms with Crippen molar-refractivity contribution >= 4 is 40.0 Å². The first kappa shape index (κ1) is 46.3. The molecule has 0 unspecified atom stereocenters. The third-order valence-electron chi connectivity index (χ3n) is 11.8. The number of ketones is 2. The highest BCUT2D eigenvalue weighted by Gasteiger charge is 2.47. The minimum absolute atomic E-state index is 0.0392. The lowest BCUT2D eigenvalue weighted by molar-refractivity contribution is -0.126. The van der Waals surface area contributed by atoms with E-state index in [1.165, 1.54) is 22.0 Å². The summed E-state index contributed by atoms with van der Waals surface area (Å²) in [6, 6.07) is -1.53. The largest absolute Gasteiger partial charge is 0.507 e. The molecule has 0 saturated carbocycles. The molecule has 3 rings (SSSR count). The number of Topliss-reactive ketones (excluding diaryl/α,β-unsaturated/α-hetero) is 2. The molecular formula is C44H64N2O8Si2. The van der Waals surface area contributed by atoms with Crippen molar-refractivity contribution in [1.82, 2.24) is 9.80 Å². The van der Waals surface area contributed by atoms with E-state index in [0.29, 0.717) is 0 Å². The standard InChI is InChI=1S/C44H64N2O8Si2/c1-43(2,3)55(9,10)53-29-33-39(49)37(41(51)45(33)7)35(47)27-19-15-13-17-23-31-25-21-22-26-32(31)24-18-14-16-20-28-36(48)38-40(50)34(46(8)42(38)52)30-54-56(11,12)44(4,5)6/h13-21,23-25,27-28,31-34,47-48H,22,26,29-30H2,1-12H3/b15-13+,16-14+,23-17+,24-18+,27-19+,28-20+,37-35-,38-36+/t31-,32-,33-,34-/m0/s1. The molecule has 0 spiro atoms. The van der Waals surface area contributed by atoms with Crippen LogP contribution in [0.5, 0.6) is 0 Å². The molecule has 0 bridgehead atoms. The van der Waals surface area contributed by atoms with Gasteiger partial charge >= 0.3 is 0 Å². The van der Waals surface area contributed by atoms with Crippen molar-refractivity contribution in [3.63, 3.8) is 0 Å². The number of hydrogen-bond donors (Lipinski definition) is 2. The van der Waals surface area contributed by atoms with Crippen LogP contribution in [-0.2, 0) is 28.0 Å². The van der Waals surface area contributed by atoms with Crippen molar-refractivity contribution in [3.05, 3.63) is 108 Å². The van der Waals surface area contributed by atoms with Crippen molar-refractivity contribution in [3.8, 4) is 0 Å². The minimum Gasteiger partial charge on any atom is -0.507 e. The van der Waals surface area contributed by atoms with E-state index in [-0.39, 0.29) is 57.8 Å². The van der Waals surface area contributed by atoms with E-state index < -0.39 is 52.1 Å². The number of amides is 2. The number of carbonyl (C=O) groups excluding carboxylic acids is 4. The Labute approximate surface area is 336 Å². The predicted octanol–water partition coefficient (Wildman–Crippen LogP) is 8.39. The maximum Gasteiger partial charge on any atom is 0.261 e. The molecule has 0 aromatic heterocycles. The molecule has 2 N–H and O–H groups in total. The van der Waals surface area contributed by atoms with Crippen molar-refractivity contribution < 1.29 is 38.2 Å². The van der Waals surface area contributed by atoms with E-state index in [9.17, 15) is 29.4 Å². The van der Waals surface area contributed by atoms with E-state index in [1.54, 1.807) is 38.4 Å². The van der Waals surface area contributed by atoms with Gasteiger partial charge in [-0.15, -0.1) is 0 Å². The predicted molar refractivity (Wildman–Crippen MR) is 229 cm³/mol. The number of nitrogens with zero attached hydrogens (tertiary/aromatic N) is 2. The molecule has 1 aliphatic carbocycles. The molecule has 0 radical (unpaired) electrons. The van der Waals surface area contributed by atoms with Gasteiger partial charge in [0, 0.05) is 20.0 Å². The Morgan fingerprint density at radius 2 is 1.07 bits per heavy atom. The highest BCUT2D eigenvalue weighted by Crippen LogP contribution is 2.38.